The van der Waals surface area contributed by atoms with Crippen LogP contribution >= 0.6 is 0 Å². The van der Waals surface area contributed by atoms with Gasteiger partial charge in [-0.25, -0.2) is 0 Å². The molecule has 0 fully saturated rings. The molecular formula is C81H104O8. The molecule has 0 aromatic heterocycles. The number of phenols is 5. The van der Waals surface area contributed by atoms with E-state index < -0.39 is 0 Å². The van der Waals surface area contributed by atoms with Crippen molar-refractivity contribution in [2.24, 2.45) is 0 Å². The van der Waals surface area contributed by atoms with Gasteiger partial charge in [0.15, 0.2) is 0 Å². The molecule has 7 aromatic rings. The van der Waals surface area contributed by atoms with E-state index in [0.29, 0.717) is 70.6 Å². The van der Waals surface area contributed by atoms with Crippen LogP contribution in [0.4, 0.5) is 0 Å². The van der Waals surface area contributed by atoms with Gasteiger partial charge in [0.05, 0.1) is 13.2 Å². The van der Waals surface area contributed by atoms with E-state index in [2.05, 4.69) is 230 Å². The van der Waals surface area contributed by atoms with E-state index in [1.54, 1.807) is 0 Å². The average Bonchev–Trinajstić information content (AvgIpc) is 0.872. The van der Waals surface area contributed by atoms with Gasteiger partial charge in [-0.1, -0.05) is 230 Å². The van der Waals surface area contributed by atoms with E-state index in [-0.39, 0.29) is 112 Å². The van der Waals surface area contributed by atoms with Crippen molar-refractivity contribution in [2.75, 3.05) is 26.4 Å². The lowest BCUT2D eigenvalue weighted by atomic mass is 9.79. The summed E-state index contributed by atoms with van der Waals surface area (Å²) in [5.74, 6) is 2.11. The molecule has 2 heterocycles. The van der Waals surface area contributed by atoms with E-state index in [9.17, 15) is 25.5 Å². The summed E-state index contributed by atoms with van der Waals surface area (Å²) in [6.07, 6.45) is 2.07. The molecule has 5 N–H and O–H groups in total. The average molecular weight is 1210 g/mol. The van der Waals surface area contributed by atoms with Gasteiger partial charge in [0.1, 0.15) is 53.5 Å². The maximum Gasteiger partial charge on any atom is 0.126 e. The van der Waals surface area contributed by atoms with E-state index >= 15 is 0 Å². The molecule has 0 saturated heterocycles. The monoisotopic (exact) mass is 1200 g/mol. The van der Waals surface area contributed by atoms with Crippen LogP contribution in [0.3, 0.4) is 0 Å². The van der Waals surface area contributed by atoms with Crippen molar-refractivity contribution < 1.29 is 39.7 Å². The molecule has 476 valence electrons. The summed E-state index contributed by atoms with van der Waals surface area (Å²) in [6.45, 7) is 47.0. The summed E-state index contributed by atoms with van der Waals surface area (Å²) in [4.78, 5) is 0. The van der Waals surface area contributed by atoms with Crippen molar-refractivity contribution in [1.29, 1.82) is 0 Å². The molecule has 89 heavy (non-hydrogen) atoms. The molecule has 2 aliphatic heterocycles. The van der Waals surface area contributed by atoms with Gasteiger partial charge in [0, 0.05) is 44.9 Å². The number of hydrogen-bond donors (Lipinski definition) is 5. The van der Waals surface area contributed by atoms with Gasteiger partial charge < -0.3 is 39.7 Å². The fourth-order valence-corrected chi connectivity index (χ4v) is 12.5. The molecule has 0 unspecified atom stereocenters. The molecule has 2 aliphatic rings. The second-order valence-electron chi connectivity index (χ2n) is 33.3. The standard InChI is InChI=1S/C81H104O8/c1-75(2,3)61-33-47-26-49-35-62(76(4,5)6)39-53(69(49)83)29-57-43-66(80(16,17)18)45-59-31-55-41-64(78(10,11)12)37-51(71(55)85)28-52-38-65(79(13,14)15)42-56(72(52)86)32-60-46-67(81(19,20)21)44-58(74(60)89-25-23-87-22-24-88-73(57)59)30-54-40-63(77(7,8)9)36-50(70(54)84)27-48(34-61)68(47)82/h33-46,82-86H,22-32H2,1-21H3. The Labute approximate surface area is 533 Å². The number of aromatic hydroxyl groups is 5. The highest BCUT2D eigenvalue weighted by Gasteiger charge is 2.31. The van der Waals surface area contributed by atoms with Crippen LogP contribution in [0.25, 0.3) is 0 Å². The van der Waals surface area contributed by atoms with Crippen LogP contribution < -0.4 is 9.47 Å². The zero-order valence-corrected chi connectivity index (χ0v) is 57.8. The summed E-state index contributed by atoms with van der Waals surface area (Å²) < 4.78 is 20.7. The van der Waals surface area contributed by atoms with Crippen molar-refractivity contribution in [3.8, 4) is 40.2 Å². The predicted octanol–water partition coefficient (Wildman–Crippen LogP) is 18.5. The van der Waals surface area contributed by atoms with Crippen molar-refractivity contribution in [3.63, 3.8) is 0 Å². The van der Waals surface area contributed by atoms with Crippen molar-refractivity contribution in [1.82, 2.24) is 0 Å². The molecule has 8 nitrogen and oxygen atoms in total. The molecule has 0 aliphatic carbocycles. The van der Waals surface area contributed by atoms with Crippen LogP contribution in [0.15, 0.2) is 84.9 Å². The first kappa shape index (κ1) is 66.5. The minimum absolute atomic E-state index is 0.132. The third kappa shape index (κ3) is 14.8. The number of rotatable bonds is 0. The third-order valence-corrected chi connectivity index (χ3v) is 18.5. The van der Waals surface area contributed by atoms with E-state index in [4.69, 9.17) is 14.2 Å². The van der Waals surface area contributed by atoms with Gasteiger partial charge in [0.2, 0.25) is 0 Å². The quantitative estimate of drug-likeness (QED) is 0.0950. The van der Waals surface area contributed by atoms with E-state index in [1.807, 2.05) is 0 Å². The van der Waals surface area contributed by atoms with Crippen LogP contribution in [-0.2, 0) is 87.6 Å². The van der Waals surface area contributed by atoms with Crippen LogP contribution in [0, 0.1) is 0 Å². The fourth-order valence-electron chi connectivity index (χ4n) is 12.5. The van der Waals surface area contributed by atoms with Gasteiger partial charge in [-0.15, -0.1) is 0 Å². The molecule has 9 rings (SSSR count). The summed E-state index contributed by atoms with van der Waals surface area (Å²) >= 11 is 0. The lowest BCUT2D eigenvalue weighted by Gasteiger charge is -2.28. The Morgan fingerprint density at radius 1 is 0.213 bits per heavy atom. The lowest BCUT2D eigenvalue weighted by molar-refractivity contribution is 0.0756. The van der Waals surface area contributed by atoms with E-state index in [0.717, 1.165) is 83.5 Å². The number of fused-ring (bicyclic) bond motifs is 16. The number of phenolic OH excluding ortho intramolecular Hbond substituents is 5. The second-order valence-corrected chi connectivity index (χ2v) is 33.3. The van der Waals surface area contributed by atoms with Gasteiger partial charge >= 0.3 is 0 Å². The zero-order valence-electron chi connectivity index (χ0n) is 57.8. The van der Waals surface area contributed by atoms with Gasteiger partial charge in [-0.3, -0.25) is 0 Å². The molecule has 7 aromatic carbocycles. The number of hydrogen-bond acceptors (Lipinski definition) is 8. The van der Waals surface area contributed by atoms with Gasteiger partial charge in [-0.05, 0) is 155 Å². The highest BCUT2D eigenvalue weighted by molar-refractivity contribution is 5.62. The van der Waals surface area contributed by atoms with Crippen LogP contribution in [-0.4, -0.2) is 52.0 Å². The Bertz CT molecular complexity index is 3580. The Morgan fingerprint density at radius 3 is 0.494 bits per heavy atom. The Kier molecular flexibility index (Phi) is 18.0. The van der Waals surface area contributed by atoms with Crippen molar-refractivity contribution >= 4 is 0 Å². The Morgan fingerprint density at radius 2 is 0.348 bits per heavy atom. The predicted molar refractivity (Wildman–Crippen MR) is 366 cm³/mol. The summed E-state index contributed by atoms with van der Waals surface area (Å²) in [5.41, 5.74) is 15.9. The first-order valence-electron chi connectivity index (χ1n) is 32.5. The maximum atomic E-state index is 12.9. The SMILES string of the molecule is CC(C)(C)c1cc2c(O)c(c1)Cc1cc(C(C)(C)C)cc(c1O)Cc1cc(C(C)(C)C)cc3c1OCCOCCOc1c(cc(C(C)(C)C)cc1Cc1cc(C(C)(C)C)cc(c1O)Cc1cc(C(C)(C)C)cc(c1O)C3)Cc1cc(C(C)(C)C)cc(c1O)C2. The van der Waals surface area contributed by atoms with Crippen LogP contribution in [0.5, 0.6) is 40.2 Å². The van der Waals surface area contributed by atoms with Crippen LogP contribution in [0.2, 0.25) is 0 Å². The highest BCUT2D eigenvalue weighted by Crippen LogP contribution is 2.46. The smallest absolute Gasteiger partial charge is 0.126 e. The molecule has 8 heteroatoms. The summed E-state index contributed by atoms with van der Waals surface area (Å²) in [5, 5.41) is 64.6. The van der Waals surface area contributed by atoms with Crippen molar-refractivity contribution in [2.45, 2.75) is 228 Å². The van der Waals surface area contributed by atoms with Crippen LogP contribution in [0.1, 0.15) is 262 Å². The lowest BCUT2D eigenvalue weighted by Crippen LogP contribution is -2.18. The van der Waals surface area contributed by atoms with Crippen molar-refractivity contribution in [3.05, 3.63) is 202 Å². The van der Waals surface area contributed by atoms with Gasteiger partial charge in [0.25, 0.3) is 0 Å². The molecule has 0 saturated carbocycles. The minimum atomic E-state index is -0.318. The Hall–Kier alpha value is -6.90. The Balaban J connectivity index is 1.42. The minimum Gasteiger partial charge on any atom is -0.507 e. The number of ether oxygens (including phenoxy) is 3. The summed E-state index contributed by atoms with van der Waals surface area (Å²) in [7, 11) is 0. The molecule has 0 atom stereocenters. The maximum absolute atomic E-state index is 12.9. The molecular weight excluding hydrogens is 1100 g/mol. The first-order valence-corrected chi connectivity index (χ1v) is 32.5. The zero-order chi connectivity index (χ0) is 65.5. The third-order valence-electron chi connectivity index (χ3n) is 18.5. The second kappa shape index (κ2) is 24.0. The fraction of sp³-hybridized carbons (Fsp3) is 0.481. The molecule has 0 amide bonds. The molecule has 12 bridgehead atoms. The molecule has 0 spiro atoms. The van der Waals surface area contributed by atoms with E-state index in [1.165, 1.54) is 0 Å². The largest absolute Gasteiger partial charge is 0.507 e. The summed E-state index contributed by atoms with van der Waals surface area (Å²) in [6, 6.07) is 30.0. The normalized spacial score (nSPS) is 15.1. The molecule has 0 radical (unpaired) electrons. The first-order chi connectivity index (χ1) is 41.0. The number of benzene rings is 7. The topological polar surface area (TPSA) is 129 Å². The van der Waals surface area contributed by atoms with Gasteiger partial charge in [-0.2, -0.15) is 0 Å². The highest BCUT2D eigenvalue weighted by atomic mass is 16.5.